The molecular formula is C16H21N2O6P. The second-order valence-corrected chi connectivity index (χ2v) is 7.68. The molecule has 1 aromatic carbocycles. The highest BCUT2D eigenvalue weighted by Gasteiger charge is 2.39. The highest BCUT2D eigenvalue weighted by Crippen LogP contribution is 2.44. The lowest BCUT2D eigenvalue weighted by atomic mass is 9.88. The fraction of sp³-hybridized carbons (Fsp3) is 0.500. The Morgan fingerprint density at radius 1 is 1.36 bits per heavy atom. The molecule has 0 bridgehead atoms. The van der Waals surface area contributed by atoms with Crippen molar-refractivity contribution in [3.63, 3.8) is 0 Å². The molecule has 136 valence electrons. The zero-order valence-corrected chi connectivity index (χ0v) is 14.9. The highest BCUT2D eigenvalue weighted by atomic mass is 31.2. The Morgan fingerprint density at radius 3 is 2.52 bits per heavy atom. The van der Waals surface area contributed by atoms with Crippen LogP contribution < -0.4 is 4.74 Å². The first-order valence-electron chi connectivity index (χ1n) is 7.81. The summed E-state index contributed by atoms with van der Waals surface area (Å²) in [5.41, 5.74) is 1.29. The van der Waals surface area contributed by atoms with Crippen molar-refractivity contribution in [3.8, 4) is 11.8 Å². The lowest BCUT2D eigenvalue weighted by Crippen LogP contribution is -2.42. The Bertz CT molecular complexity index is 743. The minimum absolute atomic E-state index is 0.0250. The Balaban J connectivity index is 0.000000399. The zero-order valence-electron chi connectivity index (χ0n) is 14.0. The van der Waals surface area contributed by atoms with Gasteiger partial charge >= 0.3 is 7.82 Å². The molecule has 8 nitrogen and oxygen atoms in total. The maximum absolute atomic E-state index is 12.1. The molecule has 1 unspecified atom stereocenters. The minimum atomic E-state index is -4.64. The van der Waals surface area contributed by atoms with Gasteiger partial charge in [0.05, 0.1) is 17.7 Å². The number of benzene rings is 1. The number of likely N-dealkylation sites (tertiary alicyclic amines) is 1. The largest absolute Gasteiger partial charge is 0.487 e. The van der Waals surface area contributed by atoms with Gasteiger partial charge in [-0.05, 0) is 38.5 Å². The summed E-state index contributed by atoms with van der Waals surface area (Å²) >= 11 is 0. The second kappa shape index (κ2) is 7.14. The van der Waals surface area contributed by atoms with Gasteiger partial charge in [0.2, 0.25) is 5.91 Å². The summed E-state index contributed by atoms with van der Waals surface area (Å²) in [6.07, 6.45) is 2.32. The quantitative estimate of drug-likeness (QED) is 0.645. The van der Waals surface area contributed by atoms with Crippen molar-refractivity contribution in [2.75, 3.05) is 6.54 Å². The molecule has 0 aliphatic carbocycles. The van der Waals surface area contributed by atoms with Crippen molar-refractivity contribution < 1.29 is 28.8 Å². The number of ether oxygens (including phenoxy) is 1. The molecule has 3 rings (SSSR count). The summed E-state index contributed by atoms with van der Waals surface area (Å²) in [5.74, 6) is 1.01. The Kier molecular flexibility index (Phi) is 5.55. The van der Waals surface area contributed by atoms with Gasteiger partial charge in [-0.25, -0.2) is 4.57 Å². The van der Waals surface area contributed by atoms with Gasteiger partial charge in [0.15, 0.2) is 0 Å². The van der Waals surface area contributed by atoms with Crippen LogP contribution in [0.2, 0.25) is 0 Å². The third-order valence-electron chi connectivity index (χ3n) is 4.06. The fourth-order valence-corrected chi connectivity index (χ4v) is 3.16. The van der Waals surface area contributed by atoms with Gasteiger partial charge in [-0.2, -0.15) is 5.26 Å². The number of nitrogens with zero attached hydrogens (tertiary/aromatic N) is 2. The maximum atomic E-state index is 12.1. The van der Waals surface area contributed by atoms with E-state index in [0.717, 1.165) is 30.7 Å². The van der Waals surface area contributed by atoms with Crippen LogP contribution in [0.4, 0.5) is 0 Å². The normalized spacial score (nSPS) is 21.5. The summed E-state index contributed by atoms with van der Waals surface area (Å²) < 4.78 is 14.9. The van der Waals surface area contributed by atoms with E-state index in [0.29, 0.717) is 12.0 Å². The molecule has 1 fully saturated rings. The van der Waals surface area contributed by atoms with Gasteiger partial charge in [-0.3, -0.25) is 4.79 Å². The lowest BCUT2D eigenvalue weighted by molar-refractivity contribution is -0.131. The van der Waals surface area contributed by atoms with E-state index in [4.69, 9.17) is 29.2 Å². The SMILES string of the molecule is CC1(C)CC(N2CCCC2=O)c2cc(C#N)ccc2O1.O=P(O)(O)O. The van der Waals surface area contributed by atoms with Gasteiger partial charge in [-0.1, -0.05) is 0 Å². The molecule has 2 aliphatic rings. The molecule has 1 aromatic rings. The topological polar surface area (TPSA) is 131 Å². The molecule has 2 aliphatic heterocycles. The van der Waals surface area contributed by atoms with Crippen LogP contribution >= 0.6 is 7.82 Å². The third kappa shape index (κ3) is 5.28. The van der Waals surface area contributed by atoms with Crippen molar-refractivity contribution in [1.82, 2.24) is 4.90 Å². The van der Waals surface area contributed by atoms with Crippen LogP contribution in [0.25, 0.3) is 0 Å². The molecule has 0 aromatic heterocycles. The lowest BCUT2D eigenvalue weighted by Gasteiger charge is -2.41. The molecule has 25 heavy (non-hydrogen) atoms. The first-order valence-corrected chi connectivity index (χ1v) is 9.37. The molecule has 1 atom stereocenters. The van der Waals surface area contributed by atoms with Gasteiger partial charge < -0.3 is 24.3 Å². The van der Waals surface area contributed by atoms with E-state index in [2.05, 4.69) is 6.07 Å². The van der Waals surface area contributed by atoms with Gasteiger partial charge in [0.25, 0.3) is 0 Å². The number of carbonyl (C=O) groups is 1. The molecule has 9 heteroatoms. The van der Waals surface area contributed by atoms with Crippen LogP contribution in [0, 0.1) is 11.3 Å². The van der Waals surface area contributed by atoms with Crippen molar-refractivity contribution >= 4 is 13.7 Å². The number of hydrogen-bond acceptors (Lipinski definition) is 4. The van der Waals surface area contributed by atoms with Crippen LogP contribution in [0.1, 0.15) is 50.3 Å². The van der Waals surface area contributed by atoms with Crippen LogP contribution in [-0.2, 0) is 9.36 Å². The van der Waals surface area contributed by atoms with Gasteiger partial charge in [0, 0.05) is 24.9 Å². The zero-order chi connectivity index (χ0) is 18.8. The summed E-state index contributed by atoms with van der Waals surface area (Å²) in [5, 5.41) is 9.07. The summed E-state index contributed by atoms with van der Waals surface area (Å²) in [7, 11) is -4.64. The minimum Gasteiger partial charge on any atom is -0.487 e. The predicted octanol–water partition coefficient (Wildman–Crippen LogP) is 1.85. The van der Waals surface area contributed by atoms with E-state index in [1.165, 1.54) is 0 Å². The van der Waals surface area contributed by atoms with Crippen molar-refractivity contribution in [2.24, 2.45) is 0 Å². The Labute approximate surface area is 145 Å². The second-order valence-electron chi connectivity index (χ2n) is 6.65. The summed E-state index contributed by atoms with van der Waals surface area (Å²) in [6, 6.07) is 7.66. The van der Waals surface area contributed by atoms with E-state index in [9.17, 15) is 4.79 Å². The monoisotopic (exact) mass is 368 g/mol. The van der Waals surface area contributed by atoms with Gasteiger partial charge in [-0.15, -0.1) is 0 Å². The summed E-state index contributed by atoms with van der Waals surface area (Å²) in [6.45, 7) is 4.89. The number of rotatable bonds is 1. The number of amides is 1. The number of hydrogen-bond donors (Lipinski definition) is 3. The number of carbonyl (C=O) groups excluding carboxylic acids is 1. The fourth-order valence-electron chi connectivity index (χ4n) is 3.16. The van der Waals surface area contributed by atoms with Crippen LogP contribution in [0.3, 0.4) is 0 Å². The van der Waals surface area contributed by atoms with E-state index in [-0.39, 0.29) is 17.6 Å². The van der Waals surface area contributed by atoms with Crippen LogP contribution in [0.5, 0.6) is 5.75 Å². The molecule has 3 N–H and O–H groups in total. The first-order chi connectivity index (χ1) is 11.5. The van der Waals surface area contributed by atoms with Crippen molar-refractivity contribution in [3.05, 3.63) is 29.3 Å². The average molecular weight is 368 g/mol. The Hall–Kier alpha value is -1.91. The van der Waals surface area contributed by atoms with Crippen LogP contribution in [-0.4, -0.2) is 37.6 Å². The third-order valence-corrected chi connectivity index (χ3v) is 4.06. The highest BCUT2D eigenvalue weighted by molar-refractivity contribution is 7.45. The molecule has 1 amide bonds. The Morgan fingerprint density at radius 2 is 2.00 bits per heavy atom. The average Bonchev–Trinajstić information content (AvgIpc) is 2.89. The van der Waals surface area contributed by atoms with Crippen molar-refractivity contribution in [1.29, 1.82) is 5.26 Å². The molecular weight excluding hydrogens is 347 g/mol. The standard InChI is InChI=1S/C16H18N2O2.H3O4P/c1-16(2)9-13(18-7-3-4-15(18)19)12-8-11(10-17)5-6-14(12)20-16;1-5(2,3)4/h5-6,8,13H,3-4,7,9H2,1-2H3;(H3,1,2,3,4). The predicted molar refractivity (Wildman–Crippen MR) is 88.4 cm³/mol. The smallest absolute Gasteiger partial charge is 0.466 e. The van der Waals surface area contributed by atoms with Crippen molar-refractivity contribution in [2.45, 2.75) is 44.8 Å². The molecule has 2 heterocycles. The molecule has 0 saturated carbocycles. The number of nitriles is 1. The van der Waals surface area contributed by atoms with Crippen LogP contribution in [0.15, 0.2) is 18.2 Å². The first kappa shape index (κ1) is 19.4. The van der Waals surface area contributed by atoms with E-state index < -0.39 is 7.82 Å². The molecule has 0 radical (unpaired) electrons. The van der Waals surface area contributed by atoms with E-state index in [1.54, 1.807) is 6.07 Å². The number of fused-ring (bicyclic) bond motifs is 1. The van der Waals surface area contributed by atoms with Gasteiger partial charge in [0.1, 0.15) is 11.4 Å². The molecule has 0 spiro atoms. The van der Waals surface area contributed by atoms with E-state index in [1.807, 2.05) is 30.9 Å². The maximum Gasteiger partial charge on any atom is 0.466 e. The summed E-state index contributed by atoms with van der Waals surface area (Å²) in [4.78, 5) is 35.6. The molecule has 1 saturated heterocycles. The van der Waals surface area contributed by atoms with E-state index >= 15 is 0 Å². The number of phosphoric acid groups is 1.